The molecule has 0 amide bonds. The van der Waals surface area contributed by atoms with E-state index in [-0.39, 0.29) is 0 Å². The zero-order valence-electron chi connectivity index (χ0n) is 6.59. The maximum absolute atomic E-state index is 8.62. The van der Waals surface area contributed by atoms with Crippen LogP contribution in [0.25, 0.3) is 0 Å². The van der Waals surface area contributed by atoms with Crippen LogP contribution >= 0.6 is 0 Å². The summed E-state index contributed by atoms with van der Waals surface area (Å²) in [4.78, 5) is 0. The summed E-state index contributed by atoms with van der Waals surface area (Å²) in [5.74, 6) is 1.28. The van der Waals surface area contributed by atoms with Crippen molar-refractivity contribution in [1.29, 1.82) is 5.26 Å². The lowest BCUT2D eigenvalue weighted by atomic mass is 10.0. The van der Waals surface area contributed by atoms with Crippen LogP contribution in [0.5, 0.6) is 0 Å². The molecule has 0 aliphatic carbocycles. The van der Waals surface area contributed by atoms with Gasteiger partial charge in [0.05, 0.1) is 6.07 Å². The number of nitrogens with zero attached hydrogens (tertiary/aromatic N) is 1. The van der Waals surface area contributed by atoms with Crippen LogP contribution in [0, 0.1) is 18.3 Å². The van der Waals surface area contributed by atoms with Gasteiger partial charge in [0.15, 0.2) is 5.54 Å². The zero-order chi connectivity index (χ0) is 8.48. The summed E-state index contributed by atoms with van der Waals surface area (Å²) >= 11 is 0. The van der Waals surface area contributed by atoms with Crippen molar-refractivity contribution >= 4 is 0 Å². The van der Waals surface area contributed by atoms with Crippen LogP contribution in [0.15, 0.2) is 16.5 Å². The smallest absolute Gasteiger partial charge is 0.159 e. The Bertz CT molecular complexity index is 293. The predicted octanol–water partition coefficient (Wildman–Crippen LogP) is 1.29. The van der Waals surface area contributed by atoms with Gasteiger partial charge in [0.2, 0.25) is 0 Å². The van der Waals surface area contributed by atoms with E-state index in [0.717, 1.165) is 5.76 Å². The van der Waals surface area contributed by atoms with Crippen molar-refractivity contribution in [2.24, 2.45) is 5.73 Å². The van der Waals surface area contributed by atoms with E-state index in [1.807, 2.05) is 13.0 Å². The number of furan rings is 1. The highest BCUT2D eigenvalue weighted by molar-refractivity contribution is 5.21. The van der Waals surface area contributed by atoms with Gasteiger partial charge in [-0.15, -0.1) is 0 Å². The molecule has 1 atom stereocenters. The van der Waals surface area contributed by atoms with Crippen molar-refractivity contribution in [2.75, 3.05) is 0 Å². The Morgan fingerprint density at radius 2 is 2.27 bits per heavy atom. The van der Waals surface area contributed by atoms with Crippen molar-refractivity contribution in [3.05, 3.63) is 23.7 Å². The largest absolute Gasteiger partial charge is 0.463 e. The van der Waals surface area contributed by atoms with Gasteiger partial charge in [-0.2, -0.15) is 5.26 Å². The molecule has 0 radical (unpaired) electrons. The third kappa shape index (κ3) is 1.41. The molecule has 0 aromatic carbocycles. The molecule has 0 saturated carbocycles. The Balaban J connectivity index is 3.04. The number of aryl methyl sites for hydroxylation is 1. The van der Waals surface area contributed by atoms with Crippen LogP contribution in [0.3, 0.4) is 0 Å². The van der Waals surface area contributed by atoms with Crippen LogP contribution in [0.4, 0.5) is 0 Å². The minimum absolute atomic E-state index is 0.512. The molecule has 0 bridgehead atoms. The third-order valence-corrected chi connectivity index (χ3v) is 1.48. The van der Waals surface area contributed by atoms with Crippen molar-refractivity contribution in [1.82, 2.24) is 0 Å². The van der Waals surface area contributed by atoms with Gasteiger partial charge in [0.1, 0.15) is 11.5 Å². The lowest BCUT2D eigenvalue weighted by Crippen LogP contribution is -2.30. The molecular formula is C8H10N2O. The van der Waals surface area contributed by atoms with Crippen LogP contribution in [-0.2, 0) is 5.54 Å². The predicted molar refractivity (Wildman–Crippen MR) is 40.6 cm³/mol. The minimum Gasteiger partial charge on any atom is -0.463 e. The van der Waals surface area contributed by atoms with Crippen molar-refractivity contribution in [2.45, 2.75) is 19.4 Å². The monoisotopic (exact) mass is 150 g/mol. The zero-order valence-corrected chi connectivity index (χ0v) is 6.59. The van der Waals surface area contributed by atoms with E-state index in [1.54, 1.807) is 19.1 Å². The van der Waals surface area contributed by atoms with Crippen molar-refractivity contribution in [3.63, 3.8) is 0 Å². The molecule has 1 heterocycles. The molecule has 3 heteroatoms. The number of hydrogen-bond acceptors (Lipinski definition) is 3. The fraction of sp³-hybridized carbons (Fsp3) is 0.375. The topological polar surface area (TPSA) is 63.0 Å². The standard InChI is InChI=1S/C8H10N2O/c1-6-3-4-7(11-6)8(2,10)5-9/h3-4H,10H2,1-2H3/t8-/m1/s1. The number of nitriles is 1. The van der Waals surface area contributed by atoms with Gasteiger partial charge in [-0.25, -0.2) is 0 Å². The summed E-state index contributed by atoms with van der Waals surface area (Å²) in [5.41, 5.74) is 4.59. The quantitative estimate of drug-likeness (QED) is 0.656. The van der Waals surface area contributed by atoms with Gasteiger partial charge in [-0.1, -0.05) is 0 Å². The van der Waals surface area contributed by atoms with E-state index in [2.05, 4.69) is 0 Å². The van der Waals surface area contributed by atoms with Gasteiger partial charge in [-0.05, 0) is 26.0 Å². The lowest BCUT2D eigenvalue weighted by Gasteiger charge is -2.10. The summed E-state index contributed by atoms with van der Waals surface area (Å²) in [7, 11) is 0. The molecule has 58 valence electrons. The normalized spacial score (nSPS) is 15.5. The molecule has 1 aromatic rings. The highest BCUT2D eigenvalue weighted by Gasteiger charge is 2.23. The summed E-state index contributed by atoms with van der Waals surface area (Å²) in [6, 6.07) is 5.47. The first-order valence-corrected chi connectivity index (χ1v) is 3.33. The second-order valence-electron chi connectivity index (χ2n) is 2.72. The average Bonchev–Trinajstić information content (AvgIpc) is 2.36. The van der Waals surface area contributed by atoms with Crippen molar-refractivity contribution < 1.29 is 4.42 Å². The third-order valence-electron chi connectivity index (χ3n) is 1.48. The van der Waals surface area contributed by atoms with Crippen LogP contribution in [-0.4, -0.2) is 0 Å². The van der Waals surface area contributed by atoms with Gasteiger partial charge in [-0.3, -0.25) is 0 Å². The number of rotatable bonds is 1. The second-order valence-corrected chi connectivity index (χ2v) is 2.72. The Morgan fingerprint density at radius 3 is 2.64 bits per heavy atom. The van der Waals surface area contributed by atoms with Crippen LogP contribution < -0.4 is 5.73 Å². The number of hydrogen-bond donors (Lipinski definition) is 1. The van der Waals surface area contributed by atoms with E-state index in [9.17, 15) is 0 Å². The first-order chi connectivity index (χ1) is 5.06. The fourth-order valence-electron chi connectivity index (χ4n) is 0.769. The average molecular weight is 150 g/mol. The van der Waals surface area contributed by atoms with E-state index in [0.29, 0.717) is 5.76 Å². The molecule has 0 spiro atoms. The SMILES string of the molecule is Cc1ccc([C@](C)(N)C#N)o1. The Kier molecular flexibility index (Phi) is 1.71. The maximum Gasteiger partial charge on any atom is 0.159 e. The molecule has 0 aliphatic rings. The molecule has 2 N–H and O–H groups in total. The van der Waals surface area contributed by atoms with Crippen LogP contribution in [0.2, 0.25) is 0 Å². The maximum atomic E-state index is 8.62. The highest BCUT2D eigenvalue weighted by atomic mass is 16.3. The summed E-state index contributed by atoms with van der Waals surface area (Å²) in [6.07, 6.45) is 0. The second kappa shape index (κ2) is 2.40. The van der Waals surface area contributed by atoms with E-state index in [4.69, 9.17) is 15.4 Å². The summed E-state index contributed by atoms with van der Waals surface area (Å²) in [6.45, 7) is 3.43. The Hall–Kier alpha value is -1.27. The molecule has 0 aliphatic heterocycles. The molecule has 0 saturated heterocycles. The highest BCUT2D eigenvalue weighted by Crippen LogP contribution is 2.18. The van der Waals surface area contributed by atoms with E-state index >= 15 is 0 Å². The van der Waals surface area contributed by atoms with Gasteiger partial charge < -0.3 is 10.2 Å². The summed E-state index contributed by atoms with van der Waals surface area (Å²) in [5, 5.41) is 8.62. The molecule has 11 heavy (non-hydrogen) atoms. The van der Waals surface area contributed by atoms with E-state index < -0.39 is 5.54 Å². The Morgan fingerprint density at radius 1 is 1.64 bits per heavy atom. The number of nitrogens with two attached hydrogens (primary N) is 1. The van der Waals surface area contributed by atoms with E-state index in [1.165, 1.54) is 0 Å². The van der Waals surface area contributed by atoms with Crippen LogP contribution in [0.1, 0.15) is 18.4 Å². The fourth-order valence-corrected chi connectivity index (χ4v) is 0.769. The van der Waals surface area contributed by atoms with Gasteiger partial charge in [0, 0.05) is 0 Å². The molecule has 1 rings (SSSR count). The minimum atomic E-state index is -1.01. The summed E-state index contributed by atoms with van der Waals surface area (Å²) < 4.78 is 5.19. The molecule has 1 aromatic heterocycles. The first kappa shape index (κ1) is 7.83. The lowest BCUT2D eigenvalue weighted by molar-refractivity contribution is 0.416. The first-order valence-electron chi connectivity index (χ1n) is 3.33. The molecule has 0 unspecified atom stereocenters. The molecular weight excluding hydrogens is 140 g/mol. The van der Waals surface area contributed by atoms with Gasteiger partial charge >= 0.3 is 0 Å². The van der Waals surface area contributed by atoms with Gasteiger partial charge in [0.25, 0.3) is 0 Å². The van der Waals surface area contributed by atoms with Crippen molar-refractivity contribution in [3.8, 4) is 6.07 Å². The molecule has 3 nitrogen and oxygen atoms in total. The molecule has 0 fully saturated rings. The Labute approximate surface area is 65.4 Å².